The molecule has 4 nitrogen and oxygen atoms in total. The molecule has 0 saturated heterocycles. The maximum Gasteiger partial charge on any atom is 0.341 e. The van der Waals surface area contributed by atoms with Crippen molar-refractivity contribution in [2.24, 2.45) is 0 Å². The summed E-state index contributed by atoms with van der Waals surface area (Å²) in [5.74, 6) is -0.465. The lowest BCUT2D eigenvalue weighted by molar-refractivity contribution is -0.115. The van der Waals surface area contributed by atoms with Crippen LogP contribution in [0.1, 0.15) is 64.2 Å². The van der Waals surface area contributed by atoms with Crippen LogP contribution in [0.4, 0.5) is 5.00 Å². The highest BCUT2D eigenvalue weighted by molar-refractivity contribution is 8.00. The van der Waals surface area contributed by atoms with Gasteiger partial charge in [0.05, 0.1) is 12.2 Å². The smallest absolute Gasteiger partial charge is 0.341 e. The van der Waals surface area contributed by atoms with E-state index in [0.717, 1.165) is 41.7 Å². The molecule has 0 spiro atoms. The van der Waals surface area contributed by atoms with Gasteiger partial charge in [-0.05, 0) is 55.9 Å². The van der Waals surface area contributed by atoms with Crippen molar-refractivity contribution in [3.05, 3.63) is 82.2 Å². The number of rotatable bonds is 7. The minimum absolute atomic E-state index is 0.130. The third kappa shape index (κ3) is 5.87. The summed E-state index contributed by atoms with van der Waals surface area (Å²) < 4.78 is 5.40. The van der Waals surface area contributed by atoms with E-state index >= 15 is 0 Å². The number of ether oxygens (including phenoxy) is 1. The summed E-state index contributed by atoms with van der Waals surface area (Å²) in [4.78, 5) is 28.8. The number of aryl methyl sites for hydroxylation is 1. The number of thioether (sulfide) groups is 1. The number of hydrogen-bond donors (Lipinski definition) is 1. The lowest BCUT2D eigenvalue weighted by atomic mass is 9.96. The van der Waals surface area contributed by atoms with E-state index in [-0.39, 0.29) is 11.9 Å². The molecule has 4 rings (SSSR count). The molecule has 0 aliphatic heterocycles. The number of hydrogen-bond acceptors (Lipinski definition) is 5. The van der Waals surface area contributed by atoms with E-state index < -0.39 is 5.25 Å². The Labute approximate surface area is 203 Å². The number of nitrogens with one attached hydrogen (secondary N) is 1. The zero-order valence-corrected chi connectivity index (χ0v) is 20.5. The first kappa shape index (κ1) is 23.6. The molecule has 6 heteroatoms. The molecule has 172 valence electrons. The van der Waals surface area contributed by atoms with Gasteiger partial charge in [0.25, 0.3) is 0 Å². The van der Waals surface area contributed by atoms with Crippen molar-refractivity contribution in [2.45, 2.75) is 55.6 Å². The van der Waals surface area contributed by atoms with E-state index in [1.807, 2.05) is 67.6 Å². The van der Waals surface area contributed by atoms with Gasteiger partial charge in [-0.3, -0.25) is 4.79 Å². The molecule has 1 atom stereocenters. The molecular formula is C27H29NO3S2. The van der Waals surface area contributed by atoms with E-state index in [4.69, 9.17) is 4.74 Å². The molecule has 0 bridgehead atoms. The van der Waals surface area contributed by atoms with Crippen molar-refractivity contribution in [3.8, 4) is 0 Å². The van der Waals surface area contributed by atoms with Crippen LogP contribution in [0.2, 0.25) is 0 Å². The number of esters is 1. The molecule has 1 amide bonds. The third-order valence-corrected chi connectivity index (χ3v) is 8.20. The van der Waals surface area contributed by atoms with Crippen molar-refractivity contribution in [3.63, 3.8) is 0 Å². The molecule has 0 radical (unpaired) electrons. The van der Waals surface area contributed by atoms with Gasteiger partial charge in [0.1, 0.15) is 10.3 Å². The van der Waals surface area contributed by atoms with Gasteiger partial charge in [-0.25, -0.2) is 4.79 Å². The highest BCUT2D eigenvalue weighted by Gasteiger charge is 2.29. The average Bonchev–Trinajstić information content (AvgIpc) is 3.14. The second-order valence-electron chi connectivity index (χ2n) is 8.05. The van der Waals surface area contributed by atoms with Crippen molar-refractivity contribution >= 4 is 40.0 Å². The number of benzene rings is 2. The van der Waals surface area contributed by atoms with Crippen LogP contribution in [0.5, 0.6) is 0 Å². The van der Waals surface area contributed by atoms with E-state index in [1.54, 1.807) is 11.3 Å². The van der Waals surface area contributed by atoms with Gasteiger partial charge in [0.2, 0.25) is 5.91 Å². The topological polar surface area (TPSA) is 55.4 Å². The number of amides is 1. The Morgan fingerprint density at radius 3 is 2.33 bits per heavy atom. The van der Waals surface area contributed by atoms with Crippen LogP contribution in [0.15, 0.2) is 65.6 Å². The minimum atomic E-state index is -0.437. The van der Waals surface area contributed by atoms with Crippen LogP contribution in [-0.2, 0) is 22.4 Å². The maximum absolute atomic E-state index is 13.6. The standard InChI is InChI=1S/C27H29NO3S2/c1-2-31-27(30)23-21-17-11-3-4-12-18-22(21)33-26(23)28-25(29)24(19-13-7-5-8-14-19)32-20-15-9-6-10-16-20/h5-10,13-16,24H,2-4,11-12,17-18H2,1H3,(H,28,29). The Bertz CT molecular complexity index is 1080. The number of carbonyl (C=O) groups excluding carboxylic acids is 2. The van der Waals surface area contributed by atoms with Crippen LogP contribution >= 0.6 is 23.1 Å². The fourth-order valence-corrected chi connectivity index (χ4v) is 6.47. The van der Waals surface area contributed by atoms with Gasteiger partial charge in [0, 0.05) is 9.77 Å². The van der Waals surface area contributed by atoms with E-state index in [0.29, 0.717) is 17.2 Å². The summed E-state index contributed by atoms with van der Waals surface area (Å²) in [6.45, 7) is 2.13. The summed E-state index contributed by atoms with van der Waals surface area (Å²) in [6, 6.07) is 19.7. The van der Waals surface area contributed by atoms with Gasteiger partial charge >= 0.3 is 5.97 Å². The first-order valence-electron chi connectivity index (χ1n) is 11.6. The van der Waals surface area contributed by atoms with E-state index in [2.05, 4.69) is 5.32 Å². The molecule has 1 aliphatic carbocycles. The van der Waals surface area contributed by atoms with E-state index in [1.165, 1.54) is 29.5 Å². The first-order chi connectivity index (χ1) is 16.2. The summed E-state index contributed by atoms with van der Waals surface area (Å²) >= 11 is 3.06. The highest BCUT2D eigenvalue weighted by atomic mass is 32.2. The van der Waals surface area contributed by atoms with Crippen LogP contribution in [0.25, 0.3) is 0 Å². The SMILES string of the molecule is CCOC(=O)c1c(NC(=O)C(Sc2ccccc2)c2ccccc2)sc2c1CCCCCC2. The Kier molecular flexibility index (Phi) is 8.24. The zero-order valence-electron chi connectivity index (χ0n) is 18.8. The quantitative estimate of drug-likeness (QED) is 0.291. The lowest BCUT2D eigenvalue weighted by Crippen LogP contribution is -2.20. The summed E-state index contributed by atoms with van der Waals surface area (Å²) in [7, 11) is 0. The van der Waals surface area contributed by atoms with Crippen molar-refractivity contribution in [2.75, 3.05) is 11.9 Å². The number of carbonyl (C=O) groups is 2. The Balaban J connectivity index is 1.67. The number of thiophene rings is 1. The molecule has 1 aliphatic rings. The van der Waals surface area contributed by atoms with Gasteiger partial charge < -0.3 is 10.1 Å². The summed E-state index contributed by atoms with van der Waals surface area (Å²) in [5.41, 5.74) is 2.56. The molecule has 33 heavy (non-hydrogen) atoms. The molecule has 0 saturated carbocycles. The maximum atomic E-state index is 13.6. The van der Waals surface area contributed by atoms with Gasteiger partial charge in [-0.2, -0.15) is 0 Å². The fraction of sp³-hybridized carbons (Fsp3) is 0.333. The molecular weight excluding hydrogens is 450 g/mol. The summed E-state index contributed by atoms with van der Waals surface area (Å²) in [6.07, 6.45) is 6.35. The lowest BCUT2D eigenvalue weighted by Gasteiger charge is -2.17. The van der Waals surface area contributed by atoms with E-state index in [9.17, 15) is 9.59 Å². The van der Waals surface area contributed by atoms with Crippen molar-refractivity contribution in [1.82, 2.24) is 0 Å². The number of fused-ring (bicyclic) bond motifs is 1. The predicted octanol–water partition coefficient (Wildman–Crippen LogP) is 7.06. The van der Waals surface area contributed by atoms with Crippen LogP contribution in [0.3, 0.4) is 0 Å². The molecule has 1 unspecified atom stereocenters. The van der Waals surface area contributed by atoms with Crippen LogP contribution < -0.4 is 5.32 Å². The highest BCUT2D eigenvalue weighted by Crippen LogP contribution is 2.40. The largest absolute Gasteiger partial charge is 0.462 e. The second kappa shape index (κ2) is 11.5. The Hall–Kier alpha value is -2.57. The molecule has 0 fully saturated rings. The second-order valence-corrected chi connectivity index (χ2v) is 10.3. The molecule has 1 aromatic heterocycles. The average molecular weight is 480 g/mol. The molecule has 2 aromatic carbocycles. The first-order valence-corrected chi connectivity index (χ1v) is 13.3. The third-order valence-electron chi connectivity index (χ3n) is 5.73. The van der Waals surface area contributed by atoms with Crippen molar-refractivity contribution in [1.29, 1.82) is 0 Å². The van der Waals surface area contributed by atoms with Gasteiger partial charge in [-0.1, -0.05) is 61.4 Å². The van der Waals surface area contributed by atoms with Gasteiger partial charge in [-0.15, -0.1) is 23.1 Å². The van der Waals surface area contributed by atoms with Crippen LogP contribution in [-0.4, -0.2) is 18.5 Å². The normalized spacial score (nSPS) is 14.5. The Morgan fingerprint density at radius 2 is 1.64 bits per heavy atom. The number of anilines is 1. The fourth-order valence-electron chi connectivity index (χ4n) is 4.14. The molecule has 1 N–H and O–H groups in total. The predicted molar refractivity (Wildman–Crippen MR) is 136 cm³/mol. The molecule has 1 heterocycles. The minimum Gasteiger partial charge on any atom is -0.462 e. The monoisotopic (exact) mass is 479 g/mol. The van der Waals surface area contributed by atoms with Crippen LogP contribution in [0, 0.1) is 0 Å². The molecule has 3 aromatic rings. The zero-order chi connectivity index (χ0) is 23.0. The van der Waals surface area contributed by atoms with Crippen molar-refractivity contribution < 1.29 is 14.3 Å². The van der Waals surface area contributed by atoms with Gasteiger partial charge in [0.15, 0.2) is 0 Å². The Morgan fingerprint density at radius 1 is 0.970 bits per heavy atom. The summed E-state index contributed by atoms with van der Waals surface area (Å²) in [5, 5.41) is 3.31.